The molecule has 1 aliphatic rings. The van der Waals surface area contributed by atoms with Crippen molar-refractivity contribution in [1.29, 1.82) is 0 Å². The van der Waals surface area contributed by atoms with Gasteiger partial charge in [-0.05, 0) is 50.1 Å². The molecule has 1 aromatic carbocycles. The second-order valence-electron chi connectivity index (χ2n) is 5.31. The van der Waals surface area contributed by atoms with Crippen LogP contribution in [0.1, 0.15) is 26.2 Å². The number of ether oxygens (including phenoxy) is 1. The van der Waals surface area contributed by atoms with Crippen molar-refractivity contribution in [3.05, 3.63) is 24.3 Å². The van der Waals surface area contributed by atoms with Gasteiger partial charge in [0, 0.05) is 12.5 Å². The van der Waals surface area contributed by atoms with E-state index >= 15 is 0 Å². The van der Waals surface area contributed by atoms with Gasteiger partial charge in [-0.25, -0.2) is 8.42 Å². The molecule has 0 amide bonds. The SMILES string of the molecule is CCCS(=O)(=O)c1ccc(OCC2CCCNC2)cc1. The summed E-state index contributed by atoms with van der Waals surface area (Å²) in [5.41, 5.74) is 0. The highest BCUT2D eigenvalue weighted by Gasteiger charge is 2.15. The summed E-state index contributed by atoms with van der Waals surface area (Å²) in [6.45, 7) is 4.66. The second kappa shape index (κ2) is 7.09. The van der Waals surface area contributed by atoms with Crippen LogP contribution in [0.15, 0.2) is 29.2 Å². The first-order chi connectivity index (χ1) is 9.62. The summed E-state index contributed by atoms with van der Waals surface area (Å²) >= 11 is 0. The van der Waals surface area contributed by atoms with E-state index in [-0.39, 0.29) is 5.75 Å². The fraction of sp³-hybridized carbons (Fsp3) is 0.600. The minimum Gasteiger partial charge on any atom is -0.493 e. The monoisotopic (exact) mass is 297 g/mol. The Morgan fingerprint density at radius 2 is 2.05 bits per heavy atom. The first kappa shape index (κ1) is 15.3. The fourth-order valence-corrected chi connectivity index (χ4v) is 3.73. The molecule has 20 heavy (non-hydrogen) atoms. The van der Waals surface area contributed by atoms with Gasteiger partial charge in [0.25, 0.3) is 0 Å². The largest absolute Gasteiger partial charge is 0.493 e. The predicted molar refractivity (Wildman–Crippen MR) is 79.9 cm³/mol. The van der Waals surface area contributed by atoms with Crippen molar-refractivity contribution in [1.82, 2.24) is 5.32 Å². The molecule has 1 aromatic rings. The lowest BCUT2D eigenvalue weighted by Gasteiger charge is -2.22. The highest BCUT2D eigenvalue weighted by atomic mass is 32.2. The smallest absolute Gasteiger partial charge is 0.178 e. The molecule has 1 unspecified atom stereocenters. The van der Waals surface area contributed by atoms with Crippen LogP contribution in [0.2, 0.25) is 0 Å². The molecule has 5 heteroatoms. The fourth-order valence-electron chi connectivity index (χ4n) is 2.41. The molecule has 0 aromatic heterocycles. The molecular formula is C15H23NO3S. The molecule has 0 aliphatic carbocycles. The molecule has 1 aliphatic heterocycles. The van der Waals surface area contributed by atoms with E-state index in [0.717, 1.165) is 18.8 Å². The Kier molecular flexibility index (Phi) is 5.43. The number of nitrogens with one attached hydrogen (secondary N) is 1. The number of hydrogen-bond acceptors (Lipinski definition) is 4. The minimum absolute atomic E-state index is 0.195. The number of hydrogen-bond donors (Lipinski definition) is 1. The van der Waals surface area contributed by atoms with Crippen LogP contribution in [0.25, 0.3) is 0 Å². The average Bonchev–Trinajstić information content (AvgIpc) is 2.47. The van der Waals surface area contributed by atoms with E-state index in [9.17, 15) is 8.42 Å². The summed E-state index contributed by atoms with van der Waals surface area (Å²) < 4.78 is 29.5. The minimum atomic E-state index is -3.13. The highest BCUT2D eigenvalue weighted by molar-refractivity contribution is 7.91. The second-order valence-corrected chi connectivity index (χ2v) is 7.42. The Morgan fingerprint density at radius 3 is 2.65 bits per heavy atom. The third-order valence-corrected chi connectivity index (χ3v) is 5.48. The number of benzene rings is 1. The average molecular weight is 297 g/mol. The Labute approximate surface area is 121 Å². The quantitative estimate of drug-likeness (QED) is 0.875. The highest BCUT2D eigenvalue weighted by Crippen LogP contribution is 2.19. The van der Waals surface area contributed by atoms with Gasteiger partial charge in [0.15, 0.2) is 9.84 Å². The molecule has 0 spiro atoms. The molecule has 1 fully saturated rings. The maximum atomic E-state index is 11.9. The van der Waals surface area contributed by atoms with E-state index < -0.39 is 9.84 Å². The van der Waals surface area contributed by atoms with Gasteiger partial charge >= 0.3 is 0 Å². The van der Waals surface area contributed by atoms with Gasteiger partial charge in [0.1, 0.15) is 5.75 Å². The molecule has 1 N–H and O–H groups in total. The lowest BCUT2D eigenvalue weighted by molar-refractivity contribution is 0.218. The number of rotatable bonds is 6. The van der Waals surface area contributed by atoms with Crippen LogP contribution < -0.4 is 10.1 Å². The Hall–Kier alpha value is -1.07. The summed E-state index contributed by atoms with van der Waals surface area (Å²) in [6.07, 6.45) is 3.02. The maximum Gasteiger partial charge on any atom is 0.178 e. The van der Waals surface area contributed by atoms with Crippen LogP contribution in [0.5, 0.6) is 5.75 Å². The van der Waals surface area contributed by atoms with Crippen molar-refractivity contribution >= 4 is 9.84 Å². The summed E-state index contributed by atoms with van der Waals surface area (Å²) in [4.78, 5) is 0.381. The topological polar surface area (TPSA) is 55.4 Å². The third-order valence-electron chi connectivity index (χ3n) is 3.54. The first-order valence-corrected chi connectivity index (χ1v) is 8.93. The Bertz CT molecular complexity index is 504. The van der Waals surface area contributed by atoms with Crippen LogP contribution in [0.3, 0.4) is 0 Å². The van der Waals surface area contributed by atoms with Crippen molar-refractivity contribution in [2.45, 2.75) is 31.1 Å². The Balaban J connectivity index is 1.91. The molecule has 4 nitrogen and oxygen atoms in total. The van der Waals surface area contributed by atoms with E-state index in [1.54, 1.807) is 24.3 Å². The van der Waals surface area contributed by atoms with Crippen LogP contribution in [0, 0.1) is 5.92 Å². The van der Waals surface area contributed by atoms with Crippen LogP contribution >= 0.6 is 0 Å². The van der Waals surface area contributed by atoms with Gasteiger partial charge in [0.05, 0.1) is 17.3 Å². The summed E-state index contributed by atoms with van der Waals surface area (Å²) in [5, 5.41) is 3.35. The molecule has 1 atom stereocenters. The van der Waals surface area contributed by atoms with Crippen molar-refractivity contribution in [3.8, 4) is 5.75 Å². The molecule has 0 radical (unpaired) electrons. The van der Waals surface area contributed by atoms with Gasteiger partial charge in [-0.1, -0.05) is 6.92 Å². The lowest BCUT2D eigenvalue weighted by Crippen LogP contribution is -2.33. The van der Waals surface area contributed by atoms with Gasteiger partial charge in [-0.2, -0.15) is 0 Å². The first-order valence-electron chi connectivity index (χ1n) is 7.28. The summed E-state index contributed by atoms with van der Waals surface area (Å²) in [6, 6.07) is 6.77. The molecule has 0 bridgehead atoms. The maximum absolute atomic E-state index is 11.9. The molecule has 2 rings (SSSR count). The van der Waals surface area contributed by atoms with Crippen molar-refractivity contribution in [2.24, 2.45) is 5.92 Å². The van der Waals surface area contributed by atoms with Crippen molar-refractivity contribution in [2.75, 3.05) is 25.4 Å². The molecule has 112 valence electrons. The van der Waals surface area contributed by atoms with E-state index in [4.69, 9.17) is 4.74 Å². The molecule has 1 heterocycles. The van der Waals surface area contributed by atoms with E-state index in [1.165, 1.54) is 12.8 Å². The Morgan fingerprint density at radius 1 is 1.30 bits per heavy atom. The molecule has 1 saturated heterocycles. The van der Waals surface area contributed by atoms with E-state index in [0.29, 0.717) is 23.8 Å². The van der Waals surface area contributed by atoms with Crippen molar-refractivity contribution < 1.29 is 13.2 Å². The number of piperidine rings is 1. The van der Waals surface area contributed by atoms with Gasteiger partial charge in [-0.3, -0.25) is 0 Å². The zero-order valence-electron chi connectivity index (χ0n) is 12.0. The van der Waals surface area contributed by atoms with E-state index in [1.807, 2.05) is 6.92 Å². The van der Waals surface area contributed by atoms with Gasteiger partial charge in [-0.15, -0.1) is 0 Å². The van der Waals surface area contributed by atoms with E-state index in [2.05, 4.69) is 5.32 Å². The molecular weight excluding hydrogens is 274 g/mol. The third kappa shape index (κ3) is 4.21. The van der Waals surface area contributed by atoms with Gasteiger partial charge < -0.3 is 10.1 Å². The van der Waals surface area contributed by atoms with Crippen LogP contribution in [-0.4, -0.2) is 33.9 Å². The van der Waals surface area contributed by atoms with Crippen LogP contribution in [-0.2, 0) is 9.84 Å². The predicted octanol–water partition coefficient (Wildman–Crippen LogP) is 2.25. The van der Waals surface area contributed by atoms with Crippen LogP contribution in [0.4, 0.5) is 0 Å². The standard InChI is InChI=1S/C15H23NO3S/c1-2-10-20(17,18)15-7-5-14(6-8-15)19-12-13-4-3-9-16-11-13/h5-8,13,16H,2-4,9-12H2,1H3. The number of sulfone groups is 1. The summed E-state index contributed by atoms with van der Waals surface area (Å²) in [5.74, 6) is 1.49. The normalized spacial score (nSPS) is 19.8. The lowest BCUT2D eigenvalue weighted by atomic mass is 10.0. The zero-order chi connectivity index (χ0) is 14.4. The molecule has 0 saturated carbocycles. The summed E-state index contributed by atoms with van der Waals surface area (Å²) in [7, 11) is -3.13. The van der Waals surface area contributed by atoms with Gasteiger partial charge in [0.2, 0.25) is 0 Å². The van der Waals surface area contributed by atoms with Crippen molar-refractivity contribution in [3.63, 3.8) is 0 Å². The zero-order valence-corrected chi connectivity index (χ0v) is 12.8.